The Hall–Kier alpha value is -3.67. The number of nitrogens with one attached hydrogen (secondary N) is 1. The van der Waals surface area contributed by atoms with E-state index in [1.807, 2.05) is 54.6 Å². The van der Waals surface area contributed by atoms with Gasteiger partial charge in [-0.1, -0.05) is 48.5 Å². The lowest BCUT2D eigenvalue weighted by molar-refractivity contribution is -0.134. The van der Waals surface area contributed by atoms with Crippen LogP contribution < -0.4 is 14.9 Å². The number of fused-ring (bicyclic) bond motifs is 1. The summed E-state index contributed by atoms with van der Waals surface area (Å²) < 4.78 is 12.0. The number of ether oxygens (including phenoxy) is 2. The monoisotopic (exact) mass is 359 g/mol. The van der Waals surface area contributed by atoms with Gasteiger partial charge in [0.25, 0.3) is 5.91 Å². The topological polar surface area (TPSA) is 72.8 Å². The number of carbonyl (C=O) groups is 1. The van der Waals surface area contributed by atoms with Gasteiger partial charge in [0, 0.05) is 18.0 Å². The molecule has 0 saturated heterocycles. The number of carbonyl (C=O) groups excluding carboxylic acids is 1. The summed E-state index contributed by atoms with van der Waals surface area (Å²) in [6.07, 6.45) is 3.41. The van der Waals surface area contributed by atoms with Crippen molar-refractivity contribution in [1.82, 2.24) is 10.4 Å². The molecular formula is C21H17N3O3. The average Bonchev–Trinajstić information content (AvgIpc) is 2.74. The van der Waals surface area contributed by atoms with Crippen LogP contribution in [0.1, 0.15) is 17.2 Å². The molecule has 3 aromatic rings. The predicted molar refractivity (Wildman–Crippen MR) is 101 cm³/mol. The summed E-state index contributed by atoms with van der Waals surface area (Å²) in [4.78, 5) is 16.7. The van der Waals surface area contributed by atoms with Gasteiger partial charge in [0.2, 0.25) is 6.10 Å². The molecule has 134 valence electrons. The number of para-hydroxylation sites is 2. The summed E-state index contributed by atoms with van der Waals surface area (Å²) in [5, 5.41) is 4.00. The van der Waals surface area contributed by atoms with Crippen molar-refractivity contribution in [2.75, 3.05) is 0 Å². The number of nitrogens with zero attached hydrogens (tertiary/aromatic N) is 2. The molecule has 27 heavy (non-hydrogen) atoms. The van der Waals surface area contributed by atoms with E-state index in [0.29, 0.717) is 11.5 Å². The van der Waals surface area contributed by atoms with Crippen LogP contribution in [-0.2, 0) is 4.79 Å². The normalized spacial score (nSPS) is 18.2. The minimum Gasteiger partial charge on any atom is -0.477 e. The molecule has 4 rings (SSSR count). The quantitative estimate of drug-likeness (QED) is 0.574. The number of rotatable bonds is 4. The Balaban J connectivity index is 1.56. The molecule has 1 aliphatic rings. The van der Waals surface area contributed by atoms with E-state index in [0.717, 1.165) is 11.1 Å². The number of hydrogen-bond acceptors (Lipinski definition) is 5. The molecule has 0 unspecified atom stereocenters. The van der Waals surface area contributed by atoms with Crippen LogP contribution in [0, 0.1) is 0 Å². The maximum atomic E-state index is 12.7. The molecule has 0 spiro atoms. The van der Waals surface area contributed by atoms with E-state index in [9.17, 15) is 4.79 Å². The number of pyridine rings is 1. The summed E-state index contributed by atoms with van der Waals surface area (Å²) in [5.41, 5.74) is 4.16. The number of amides is 1. The molecule has 2 atom stereocenters. The number of hydrogen-bond donors (Lipinski definition) is 1. The molecule has 0 fully saturated rings. The van der Waals surface area contributed by atoms with Gasteiger partial charge >= 0.3 is 0 Å². The minimum atomic E-state index is -0.867. The van der Waals surface area contributed by atoms with E-state index in [1.54, 1.807) is 24.5 Å². The van der Waals surface area contributed by atoms with Gasteiger partial charge in [0.05, 0.1) is 6.21 Å². The van der Waals surface area contributed by atoms with Crippen LogP contribution in [0.5, 0.6) is 11.5 Å². The molecule has 1 amide bonds. The van der Waals surface area contributed by atoms with Crippen molar-refractivity contribution in [2.24, 2.45) is 5.10 Å². The van der Waals surface area contributed by atoms with E-state index in [2.05, 4.69) is 15.5 Å². The molecule has 0 bridgehead atoms. The first-order chi connectivity index (χ1) is 13.3. The third-order valence-corrected chi connectivity index (χ3v) is 4.09. The van der Waals surface area contributed by atoms with Crippen molar-refractivity contribution in [3.8, 4) is 11.5 Å². The van der Waals surface area contributed by atoms with Crippen molar-refractivity contribution in [2.45, 2.75) is 12.2 Å². The highest BCUT2D eigenvalue weighted by molar-refractivity contribution is 5.85. The number of benzene rings is 2. The number of aromatic nitrogens is 1. The molecule has 0 saturated carbocycles. The predicted octanol–water partition coefficient (Wildman–Crippen LogP) is 3.11. The van der Waals surface area contributed by atoms with Crippen LogP contribution >= 0.6 is 0 Å². The second-order valence-corrected chi connectivity index (χ2v) is 5.95. The fourth-order valence-corrected chi connectivity index (χ4v) is 2.81. The fraction of sp³-hybridized carbons (Fsp3) is 0.0952. The first kappa shape index (κ1) is 16.8. The van der Waals surface area contributed by atoms with Crippen molar-refractivity contribution in [3.05, 3.63) is 90.3 Å². The lowest BCUT2D eigenvalue weighted by Gasteiger charge is -2.32. The SMILES string of the molecule is O=C(N/N=C\c1cccnc1)[C@@H]1Oc2ccccc2O[C@@H]1c1ccccc1. The second kappa shape index (κ2) is 7.70. The smallest absolute Gasteiger partial charge is 0.285 e. The lowest BCUT2D eigenvalue weighted by Crippen LogP contribution is -2.44. The van der Waals surface area contributed by atoms with Crippen molar-refractivity contribution >= 4 is 12.1 Å². The molecule has 6 nitrogen and oxygen atoms in total. The van der Waals surface area contributed by atoms with Crippen LogP contribution in [0.2, 0.25) is 0 Å². The zero-order chi connectivity index (χ0) is 18.5. The Labute approximate surface area is 156 Å². The summed E-state index contributed by atoms with van der Waals surface area (Å²) >= 11 is 0. The van der Waals surface area contributed by atoms with Gasteiger partial charge in [-0.3, -0.25) is 9.78 Å². The second-order valence-electron chi connectivity index (χ2n) is 5.95. The first-order valence-corrected chi connectivity index (χ1v) is 8.51. The maximum Gasteiger partial charge on any atom is 0.285 e. The molecule has 0 aliphatic carbocycles. The number of hydrazone groups is 1. The van der Waals surface area contributed by atoms with Crippen LogP contribution in [0.3, 0.4) is 0 Å². The van der Waals surface area contributed by atoms with E-state index < -0.39 is 18.1 Å². The first-order valence-electron chi connectivity index (χ1n) is 8.51. The molecule has 2 heterocycles. The lowest BCUT2D eigenvalue weighted by atomic mass is 10.0. The highest BCUT2D eigenvalue weighted by Crippen LogP contribution is 2.39. The van der Waals surface area contributed by atoms with Crippen molar-refractivity contribution < 1.29 is 14.3 Å². The zero-order valence-electron chi connectivity index (χ0n) is 14.4. The summed E-state index contributed by atoms with van der Waals surface area (Å²) in [5.74, 6) is 0.744. The Bertz CT molecular complexity index is 945. The summed E-state index contributed by atoms with van der Waals surface area (Å²) in [7, 11) is 0. The minimum absolute atomic E-state index is 0.390. The Kier molecular flexibility index (Phi) is 4.78. The Morgan fingerprint density at radius 2 is 1.70 bits per heavy atom. The van der Waals surface area contributed by atoms with Gasteiger partial charge in [0.15, 0.2) is 17.6 Å². The molecule has 6 heteroatoms. The van der Waals surface area contributed by atoms with Crippen molar-refractivity contribution in [1.29, 1.82) is 0 Å². The van der Waals surface area contributed by atoms with E-state index in [1.165, 1.54) is 6.21 Å². The van der Waals surface area contributed by atoms with Gasteiger partial charge in [-0.15, -0.1) is 0 Å². The van der Waals surface area contributed by atoms with E-state index in [4.69, 9.17) is 9.47 Å². The van der Waals surface area contributed by atoms with Gasteiger partial charge in [-0.05, 0) is 23.8 Å². The van der Waals surface area contributed by atoms with Crippen LogP contribution in [0.25, 0.3) is 0 Å². The summed E-state index contributed by atoms with van der Waals surface area (Å²) in [6, 6.07) is 20.4. The standard InChI is InChI=1S/C21H17N3O3/c25-21(24-23-14-15-7-6-12-22-13-15)20-19(16-8-2-1-3-9-16)26-17-10-4-5-11-18(17)27-20/h1-14,19-20H,(H,24,25)/b23-14-/t19-,20-/m1/s1. The van der Waals surface area contributed by atoms with E-state index in [-0.39, 0.29) is 0 Å². The fourth-order valence-electron chi connectivity index (χ4n) is 2.81. The molecule has 1 aliphatic heterocycles. The van der Waals surface area contributed by atoms with Crippen LogP contribution in [0.15, 0.2) is 84.2 Å². The summed E-state index contributed by atoms with van der Waals surface area (Å²) in [6.45, 7) is 0. The highest BCUT2D eigenvalue weighted by atomic mass is 16.6. The molecule has 2 aromatic carbocycles. The van der Waals surface area contributed by atoms with E-state index >= 15 is 0 Å². The largest absolute Gasteiger partial charge is 0.477 e. The van der Waals surface area contributed by atoms with Gasteiger partial charge in [-0.2, -0.15) is 5.10 Å². The Morgan fingerprint density at radius 1 is 0.963 bits per heavy atom. The molecule has 1 N–H and O–H groups in total. The third-order valence-electron chi connectivity index (χ3n) is 4.09. The van der Waals surface area contributed by atoms with Gasteiger partial charge < -0.3 is 9.47 Å². The molecular weight excluding hydrogens is 342 g/mol. The van der Waals surface area contributed by atoms with Gasteiger partial charge in [-0.25, -0.2) is 5.43 Å². The Morgan fingerprint density at radius 3 is 2.44 bits per heavy atom. The third kappa shape index (κ3) is 3.79. The highest BCUT2D eigenvalue weighted by Gasteiger charge is 2.38. The average molecular weight is 359 g/mol. The zero-order valence-corrected chi connectivity index (χ0v) is 14.4. The van der Waals surface area contributed by atoms with Gasteiger partial charge in [0.1, 0.15) is 0 Å². The molecule has 1 aromatic heterocycles. The van der Waals surface area contributed by atoms with Crippen molar-refractivity contribution in [3.63, 3.8) is 0 Å². The van der Waals surface area contributed by atoms with Crippen LogP contribution in [-0.4, -0.2) is 23.2 Å². The molecule has 0 radical (unpaired) electrons. The van der Waals surface area contributed by atoms with Crippen LogP contribution in [0.4, 0.5) is 0 Å². The maximum absolute atomic E-state index is 12.7.